The molecule has 0 aromatic carbocycles. The van der Waals surface area contributed by atoms with Gasteiger partial charge in [0, 0.05) is 30.2 Å². The van der Waals surface area contributed by atoms with E-state index >= 15 is 0 Å². The fourth-order valence-corrected chi connectivity index (χ4v) is 3.10. The Bertz CT molecular complexity index is 640. The molecule has 0 spiro atoms. The van der Waals surface area contributed by atoms with Crippen LogP contribution in [-0.2, 0) is 0 Å². The molecule has 4 nitrogen and oxygen atoms in total. The molecule has 1 atom stereocenters. The minimum Gasteiger partial charge on any atom is -0.332 e. The minimum atomic E-state index is 0.00810. The summed E-state index contributed by atoms with van der Waals surface area (Å²) in [5.41, 5.74) is 2.44. The van der Waals surface area contributed by atoms with Crippen molar-refractivity contribution in [1.82, 2.24) is 14.9 Å². The van der Waals surface area contributed by atoms with Gasteiger partial charge in [-0.25, -0.2) is 4.98 Å². The fraction of sp³-hybridized carbons (Fsp3) is 0.312. The molecule has 1 aliphatic heterocycles. The highest BCUT2D eigenvalue weighted by Crippen LogP contribution is 2.32. The summed E-state index contributed by atoms with van der Waals surface area (Å²) in [6.07, 6.45) is 5.55. The van der Waals surface area contributed by atoms with Gasteiger partial charge in [0.05, 0.1) is 6.04 Å². The highest BCUT2D eigenvalue weighted by atomic mass is 35.5. The number of carbonyl (C=O) groups excluding carboxylic acids is 1. The number of aryl methyl sites for hydroxylation is 1. The lowest BCUT2D eigenvalue weighted by Crippen LogP contribution is -2.30. The number of likely N-dealkylation sites (tertiary alicyclic amines) is 1. The van der Waals surface area contributed by atoms with Crippen LogP contribution in [0.1, 0.15) is 40.5 Å². The average molecular weight is 302 g/mol. The molecule has 0 N–H and O–H groups in total. The van der Waals surface area contributed by atoms with Crippen LogP contribution in [0.15, 0.2) is 36.7 Å². The molecule has 2 aromatic rings. The number of pyridine rings is 2. The van der Waals surface area contributed by atoms with Crippen molar-refractivity contribution in [1.29, 1.82) is 0 Å². The van der Waals surface area contributed by atoms with Crippen LogP contribution < -0.4 is 0 Å². The Labute approximate surface area is 128 Å². The molecule has 1 amide bonds. The summed E-state index contributed by atoms with van der Waals surface area (Å²) in [7, 11) is 0. The van der Waals surface area contributed by atoms with Crippen LogP contribution in [0, 0.1) is 6.92 Å². The predicted octanol–water partition coefficient (Wildman–Crippen LogP) is 3.42. The van der Waals surface area contributed by atoms with E-state index < -0.39 is 0 Å². The smallest absolute Gasteiger partial charge is 0.254 e. The summed E-state index contributed by atoms with van der Waals surface area (Å²) in [6, 6.07) is 7.44. The average Bonchev–Trinajstić information content (AvgIpc) is 2.95. The maximum atomic E-state index is 12.8. The van der Waals surface area contributed by atoms with Gasteiger partial charge in [-0.05, 0) is 43.5 Å². The van der Waals surface area contributed by atoms with Crippen molar-refractivity contribution in [2.75, 3.05) is 6.54 Å². The summed E-state index contributed by atoms with van der Waals surface area (Å²) >= 11 is 5.96. The summed E-state index contributed by atoms with van der Waals surface area (Å²) in [4.78, 5) is 22.9. The van der Waals surface area contributed by atoms with Crippen molar-refractivity contribution < 1.29 is 4.79 Å². The van der Waals surface area contributed by atoms with E-state index in [0.29, 0.717) is 10.7 Å². The van der Waals surface area contributed by atoms with Crippen molar-refractivity contribution in [2.24, 2.45) is 0 Å². The SMILES string of the molecule is Cc1cc(C(=O)N2CCCC2c2cccnc2)cc(Cl)n1. The highest BCUT2D eigenvalue weighted by molar-refractivity contribution is 6.29. The molecular weight excluding hydrogens is 286 g/mol. The second-order valence-electron chi connectivity index (χ2n) is 5.26. The van der Waals surface area contributed by atoms with E-state index in [-0.39, 0.29) is 11.9 Å². The predicted molar refractivity (Wildman–Crippen MR) is 81.2 cm³/mol. The second kappa shape index (κ2) is 5.82. The van der Waals surface area contributed by atoms with Crippen LogP contribution in [0.25, 0.3) is 0 Å². The number of aromatic nitrogens is 2. The van der Waals surface area contributed by atoms with E-state index in [0.717, 1.165) is 30.6 Å². The zero-order chi connectivity index (χ0) is 14.8. The Balaban J connectivity index is 1.90. The summed E-state index contributed by atoms with van der Waals surface area (Å²) < 4.78 is 0. The van der Waals surface area contributed by atoms with Gasteiger partial charge in [-0.3, -0.25) is 9.78 Å². The van der Waals surface area contributed by atoms with Gasteiger partial charge in [0.1, 0.15) is 5.15 Å². The maximum Gasteiger partial charge on any atom is 0.254 e. The number of amides is 1. The zero-order valence-electron chi connectivity index (χ0n) is 11.8. The quantitative estimate of drug-likeness (QED) is 0.799. The molecule has 1 aliphatic rings. The van der Waals surface area contributed by atoms with Gasteiger partial charge in [-0.1, -0.05) is 17.7 Å². The molecule has 5 heteroatoms. The van der Waals surface area contributed by atoms with Crippen molar-refractivity contribution >= 4 is 17.5 Å². The third-order valence-electron chi connectivity index (χ3n) is 3.75. The molecule has 108 valence electrons. The van der Waals surface area contributed by atoms with Crippen LogP contribution >= 0.6 is 11.6 Å². The molecule has 0 bridgehead atoms. The molecular formula is C16H16ClN3O. The summed E-state index contributed by atoms with van der Waals surface area (Å²) in [5.74, 6) is 0.00810. The van der Waals surface area contributed by atoms with Gasteiger partial charge in [-0.15, -0.1) is 0 Å². The third-order valence-corrected chi connectivity index (χ3v) is 3.95. The van der Waals surface area contributed by atoms with Crippen molar-refractivity contribution in [3.8, 4) is 0 Å². The van der Waals surface area contributed by atoms with Gasteiger partial charge in [-0.2, -0.15) is 0 Å². The first-order valence-corrected chi connectivity index (χ1v) is 7.38. The van der Waals surface area contributed by atoms with E-state index in [1.807, 2.05) is 30.2 Å². The van der Waals surface area contributed by atoms with E-state index in [2.05, 4.69) is 9.97 Å². The van der Waals surface area contributed by atoms with E-state index in [1.54, 1.807) is 18.3 Å². The molecule has 0 radical (unpaired) electrons. The molecule has 1 unspecified atom stereocenters. The summed E-state index contributed by atoms with van der Waals surface area (Å²) in [6.45, 7) is 2.60. The Morgan fingerprint density at radius 3 is 3.00 bits per heavy atom. The van der Waals surface area contributed by atoms with Gasteiger partial charge >= 0.3 is 0 Å². The van der Waals surface area contributed by atoms with Crippen LogP contribution in [0.5, 0.6) is 0 Å². The number of carbonyl (C=O) groups is 1. The summed E-state index contributed by atoms with van der Waals surface area (Å²) in [5, 5.41) is 0.357. The maximum absolute atomic E-state index is 12.8. The Morgan fingerprint density at radius 2 is 2.29 bits per heavy atom. The zero-order valence-corrected chi connectivity index (χ0v) is 12.5. The van der Waals surface area contributed by atoms with E-state index in [1.165, 1.54) is 0 Å². The Kier molecular flexibility index (Phi) is 3.88. The second-order valence-corrected chi connectivity index (χ2v) is 5.65. The monoisotopic (exact) mass is 301 g/mol. The third kappa shape index (κ3) is 2.90. The van der Waals surface area contributed by atoms with Crippen LogP contribution in [0.4, 0.5) is 0 Å². The van der Waals surface area contributed by atoms with Crippen LogP contribution in [0.3, 0.4) is 0 Å². The van der Waals surface area contributed by atoms with Gasteiger partial charge in [0.2, 0.25) is 0 Å². The molecule has 0 aliphatic carbocycles. The molecule has 1 fully saturated rings. The largest absolute Gasteiger partial charge is 0.332 e. The van der Waals surface area contributed by atoms with Crippen molar-refractivity contribution in [2.45, 2.75) is 25.8 Å². The molecule has 0 saturated carbocycles. The number of hydrogen-bond donors (Lipinski definition) is 0. The number of rotatable bonds is 2. The highest BCUT2D eigenvalue weighted by Gasteiger charge is 2.30. The van der Waals surface area contributed by atoms with Crippen molar-refractivity contribution in [3.63, 3.8) is 0 Å². The molecule has 3 heterocycles. The van der Waals surface area contributed by atoms with Gasteiger partial charge in [0.15, 0.2) is 0 Å². The van der Waals surface area contributed by atoms with Crippen molar-refractivity contribution in [3.05, 3.63) is 58.6 Å². The topological polar surface area (TPSA) is 46.1 Å². The first kappa shape index (κ1) is 14.0. The minimum absolute atomic E-state index is 0.00810. The Hall–Kier alpha value is -1.94. The number of hydrogen-bond acceptors (Lipinski definition) is 3. The van der Waals surface area contributed by atoms with E-state index in [4.69, 9.17) is 11.6 Å². The molecule has 2 aromatic heterocycles. The first-order valence-electron chi connectivity index (χ1n) is 7.00. The lowest BCUT2D eigenvalue weighted by molar-refractivity contribution is 0.0735. The number of halogens is 1. The van der Waals surface area contributed by atoms with Gasteiger partial charge < -0.3 is 4.90 Å². The Morgan fingerprint density at radius 1 is 1.43 bits per heavy atom. The lowest BCUT2D eigenvalue weighted by atomic mass is 10.1. The van der Waals surface area contributed by atoms with Gasteiger partial charge in [0.25, 0.3) is 5.91 Å². The fourth-order valence-electron chi connectivity index (χ4n) is 2.85. The van der Waals surface area contributed by atoms with E-state index in [9.17, 15) is 4.79 Å². The molecule has 21 heavy (non-hydrogen) atoms. The first-order chi connectivity index (χ1) is 10.1. The van der Waals surface area contributed by atoms with Crippen LogP contribution in [-0.4, -0.2) is 27.3 Å². The standard InChI is InChI=1S/C16H16ClN3O/c1-11-8-13(9-15(17)19-11)16(21)20-7-3-5-14(20)12-4-2-6-18-10-12/h2,4,6,8-10,14H,3,5,7H2,1H3. The number of nitrogens with zero attached hydrogens (tertiary/aromatic N) is 3. The normalized spacial score (nSPS) is 18.0. The molecule has 3 rings (SSSR count). The lowest BCUT2D eigenvalue weighted by Gasteiger charge is -2.25. The molecule has 1 saturated heterocycles. The van der Waals surface area contributed by atoms with Crippen LogP contribution in [0.2, 0.25) is 5.15 Å².